The lowest BCUT2D eigenvalue weighted by molar-refractivity contribution is 0.114. The van der Waals surface area contributed by atoms with E-state index in [1.54, 1.807) is 6.07 Å². The largest absolute Gasteiger partial charge is 0.496 e. The smallest absolute Gasteiger partial charge is 0.244 e. The van der Waals surface area contributed by atoms with Crippen molar-refractivity contribution in [2.24, 2.45) is 0 Å². The highest BCUT2D eigenvalue weighted by Gasteiger charge is 2.24. The third-order valence-corrected chi connectivity index (χ3v) is 5.32. The molecule has 0 amide bonds. The molecular formula is C13H18BrNO5S. The number of rotatable bonds is 6. The Kier molecular flexibility index (Phi) is 5.48. The molecular weight excluding hydrogens is 362 g/mol. The maximum atomic E-state index is 12.4. The summed E-state index contributed by atoms with van der Waals surface area (Å²) in [6, 6.07) is 3.00. The summed E-state index contributed by atoms with van der Waals surface area (Å²) in [4.78, 5) is 0.0445. The summed E-state index contributed by atoms with van der Waals surface area (Å²) in [7, 11) is -0.797. The predicted molar refractivity (Wildman–Crippen MR) is 81.4 cm³/mol. The molecule has 1 atom stereocenters. The van der Waals surface area contributed by atoms with E-state index in [4.69, 9.17) is 14.2 Å². The fourth-order valence-corrected chi connectivity index (χ4v) is 3.84. The van der Waals surface area contributed by atoms with Crippen LogP contribution in [0.5, 0.6) is 11.5 Å². The second kappa shape index (κ2) is 6.95. The van der Waals surface area contributed by atoms with Crippen LogP contribution in [0.25, 0.3) is 0 Å². The second-order valence-corrected chi connectivity index (χ2v) is 7.21. The Bertz CT molecular complexity index is 599. The third kappa shape index (κ3) is 3.88. The lowest BCUT2D eigenvalue weighted by Gasteiger charge is -2.15. The summed E-state index contributed by atoms with van der Waals surface area (Å²) in [5, 5.41) is 0. The molecule has 118 valence electrons. The molecule has 1 aliphatic rings. The van der Waals surface area contributed by atoms with Crippen LogP contribution < -0.4 is 14.2 Å². The number of hydrogen-bond acceptors (Lipinski definition) is 5. The highest BCUT2D eigenvalue weighted by atomic mass is 79.9. The van der Waals surface area contributed by atoms with Crippen LogP contribution >= 0.6 is 15.9 Å². The normalized spacial score (nSPS) is 18.7. The Hall–Kier alpha value is -0.830. The van der Waals surface area contributed by atoms with Crippen LogP contribution in [0.1, 0.15) is 12.8 Å². The van der Waals surface area contributed by atoms with Gasteiger partial charge in [-0.15, -0.1) is 0 Å². The molecule has 6 nitrogen and oxygen atoms in total. The number of benzene rings is 1. The predicted octanol–water partition coefficient (Wildman–Crippen LogP) is 1.92. The van der Waals surface area contributed by atoms with Crippen LogP contribution in [0, 0.1) is 0 Å². The van der Waals surface area contributed by atoms with Crippen molar-refractivity contribution in [2.75, 3.05) is 27.4 Å². The van der Waals surface area contributed by atoms with E-state index in [2.05, 4.69) is 20.7 Å². The number of nitrogens with one attached hydrogen (secondary N) is 1. The maximum absolute atomic E-state index is 12.4. The lowest BCUT2D eigenvalue weighted by Crippen LogP contribution is -2.32. The zero-order chi connectivity index (χ0) is 15.5. The Morgan fingerprint density at radius 1 is 1.33 bits per heavy atom. The number of halogens is 1. The summed E-state index contributed by atoms with van der Waals surface area (Å²) in [5.41, 5.74) is 0. The number of methoxy groups -OCH3 is 2. The molecule has 21 heavy (non-hydrogen) atoms. The molecule has 1 heterocycles. The van der Waals surface area contributed by atoms with Crippen molar-refractivity contribution < 1.29 is 22.6 Å². The van der Waals surface area contributed by atoms with E-state index < -0.39 is 10.0 Å². The molecule has 0 radical (unpaired) electrons. The fourth-order valence-electron chi connectivity index (χ4n) is 2.13. The van der Waals surface area contributed by atoms with Crippen molar-refractivity contribution >= 4 is 26.0 Å². The molecule has 8 heteroatoms. The van der Waals surface area contributed by atoms with Gasteiger partial charge in [0.05, 0.1) is 24.8 Å². The van der Waals surface area contributed by atoms with Gasteiger partial charge in [0.2, 0.25) is 10.0 Å². The highest BCUT2D eigenvalue weighted by Crippen LogP contribution is 2.35. The monoisotopic (exact) mass is 379 g/mol. The summed E-state index contributed by atoms with van der Waals surface area (Å²) >= 11 is 3.30. The van der Waals surface area contributed by atoms with Gasteiger partial charge in [0.25, 0.3) is 0 Å². The zero-order valence-electron chi connectivity index (χ0n) is 11.9. The highest BCUT2D eigenvalue weighted by molar-refractivity contribution is 9.10. The molecule has 0 bridgehead atoms. The first-order valence-electron chi connectivity index (χ1n) is 6.50. The van der Waals surface area contributed by atoms with E-state index in [9.17, 15) is 8.42 Å². The van der Waals surface area contributed by atoms with Gasteiger partial charge in [0.15, 0.2) is 0 Å². The molecule has 0 aromatic heterocycles. The van der Waals surface area contributed by atoms with Crippen LogP contribution in [0.4, 0.5) is 0 Å². The second-order valence-electron chi connectivity index (χ2n) is 4.62. The number of sulfonamides is 1. The fraction of sp³-hybridized carbons (Fsp3) is 0.538. The van der Waals surface area contributed by atoms with Gasteiger partial charge < -0.3 is 14.2 Å². The maximum Gasteiger partial charge on any atom is 0.244 e. The summed E-state index contributed by atoms with van der Waals surface area (Å²) in [5.74, 6) is 0.677. The van der Waals surface area contributed by atoms with E-state index in [-0.39, 0.29) is 23.3 Å². The van der Waals surface area contributed by atoms with Crippen LogP contribution in [-0.2, 0) is 14.8 Å². The Labute approximate surface area is 132 Å². The van der Waals surface area contributed by atoms with Crippen LogP contribution in [0.3, 0.4) is 0 Å². The first-order valence-corrected chi connectivity index (χ1v) is 8.78. The molecule has 1 saturated heterocycles. The van der Waals surface area contributed by atoms with Crippen molar-refractivity contribution in [2.45, 2.75) is 23.8 Å². The molecule has 1 aliphatic heterocycles. The van der Waals surface area contributed by atoms with Gasteiger partial charge in [0.1, 0.15) is 16.4 Å². The van der Waals surface area contributed by atoms with Crippen LogP contribution in [0.15, 0.2) is 21.5 Å². The molecule has 1 N–H and O–H groups in total. The van der Waals surface area contributed by atoms with E-state index in [0.717, 1.165) is 12.8 Å². The SMILES string of the molecule is COc1cc(S(=O)(=O)NC[C@@H]2CCCO2)c(OC)cc1Br. The topological polar surface area (TPSA) is 73.9 Å². The number of hydrogen-bond donors (Lipinski definition) is 1. The quantitative estimate of drug-likeness (QED) is 0.817. The summed E-state index contributed by atoms with van der Waals surface area (Å²) in [6.07, 6.45) is 1.76. The minimum absolute atomic E-state index is 0.0445. The lowest BCUT2D eigenvalue weighted by atomic mass is 10.2. The molecule has 1 aromatic rings. The van der Waals surface area contributed by atoms with Crippen LogP contribution in [0.2, 0.25) is 0 Å². The number of ether oxygens (including phenoxy) is 3. The third-order valence-electron chi connectivity index (χ3n) is 3.25. The Morgan fingerprint density at radius 2 is 2.05 bits per heavy atom. The average molecular weight is 380 g/mol. The van der Waals surface area contributed by atoms with E-state index in [1.165, 1.54) is 20.3 Å². The zero-order valence-corrected chi connectivity index (χ0v) is 14.3. The first-order chi connectivity index (χ1) is 9.97. The van der Waals surface area contributed by atoms with Crippen molar-refractivity contribution in [1.29, 1.82) is 0 Å². The van der Waals surface area contributed by atoms with Gasteiger partial charge in [-0.25, -0.2) is 13.1 Å². The van der Waals surface area contributed by atoms with E-state index in [1.807, 2.05) is 0 Å². The molecule has 2 rings (SSSR count). The van der Waals surface area contributed by atoms with Gasteiger partial charge in [-0.3, -0.25) is 0 Å². The molecule has 0 unspecified atom stereocenters. The molecule has 1 aromatic carbocycles. The van der Waals surface area contributed by atoms with Gasteiger partial charge in [-0.05, 0) is 34.8 Å². The summed E-state index contributed by atoms with van der Waals surface area (Å²) in [6.45, 7) is 0.936. The first kappa shape index (κ1) is 16.5. The summed E-state index contributed by atoms with van der Waals surface area (Å²) < 4.78 is 43.7. The Morgan fingerprint density at radius 3 is 2.62 bits per heavy atom. The standard InChI is InChI=1S/C13H18BrNO5S/c1-18-11-7-13(12(19-2)6-10(11)14)21(16,17)15-8-9-4-3-5-20-9/h6-7,9,15H,3-5,8H2,1-2H3/t9-/m0/s1. The molecule has 0 saturated carbocycles. The molecule has 0 aliphatic carbocycles. The van der Waals surface area contributed by atoms with Crippen molar-refractivity contribution in [1.82, 2.24) is 4.72 Å². The van der Waals surface area contributed by atoms with Crippen molar-refractivity contribution in [3.63, 3.8) is 0 Å². The average Bonchev–Trinajstić information content (AvgIpc) is 2.98. The van der Waals surface area contributed by atoms with Gasteiger partial charge >= 0.3 is 0 Å². The van der Waals surface area contributed by atoms with E-state index in [0.29, 0.717) is 16.8 Å². The minimum atomic E-state index is -3.70. The minimum Gasteiger partial charge on any atom is -0.496 e. The van der Waals surface area contributed by atoms with Crippen LogP contribution in [-0.4, -0.2) is 41.9 Å². The van der Waals surface area contributed by atoms with E-state index >= 15 is 0 Å². The van der Waals surface area contributed by atoms with Crippen molar-refractivity contribution in [3.8, 4) is 11.5 Å². The molecule has 1 fully saturated rings. The van der Waals surface area contributed by atoms with Gasteiger partial charge in [-0.2, -0.15) is 0 Å². The Balaban J connectivity index is 2.25. The van der Waals surface area contributed by atoms with Crippen molar-refractivity contribution in [3.05, 3.63) is 16.6 Å². The van der Waals surface area contributed by atoms with Gasteiger partial charge in [-0.1, -0.05) is 0 Å². The van der Waals surface area contributed by atoms with Gasteiger partial charge in [0, 0.05) is 19.2 Å². The molecule has 0 spiro atoms.